The molecule has 2 heteroatoms. The molecule has 0 aromatic rings. The molecular weight excluding hydrogens is 198 g/mol. The molecule has 2 N–H and O–H groups in total. The third-order valence-electron chi connectivity index (χ3n) is 3.91. The number of rotatable bonds is 6. The Morgan fingerprint density at radius 2 is 1.94 bits per heavy atom. The summed E-state index contributed by atoms with van der Waals surface area (Å²) in [5, 5.41) is 13.0. The van der Waals surface area contributed by atoms with Crippen LogP contribution in [-0.2, 0) is 0 Å². The first-order valence-corrected chi connectivity index (χ1v) is 7.05. The summed E-state index contributed by atoms with van der Waals surface area (Å²) in [6, 6.07) is 0.732. The van der Waals surface area contributed by atoms with Gasteiger partial charge >= 0.3 is 0 Å². The lowest BCUT2D eigenvalue weighted by molar-refractivity contribution is 0.158. The summed E-state index contributed by atoms with van der Waals surface area (Å²) < 4.78 is 0. The minimum atomic E-state index is -0.162. The van der Waals surface area contributed by atoms with Crippen molar-refractivity contribution in [2.24, 2.45) is 11.8 Å². The van der Waals surface area contributed by atoms with Crippen molar-refractivity contribution in [2.45, 2.75) is 71.4 Å². The van der Waals surface area contributed by atoms with Gasteiger partial charge in [0.2, 0.25) is 0 Å². The molecule has 1 saturated carbocycles. The van der Waals surface area contributed by atoms with E-state index in [1.165, 1.54) is 32.1 Å². The van der Waals surface area contributed by atoms with Crippen molar-refractivity contribution < 1.29 is 5.11 Å². The zero-order chi connectivity index (χ0) is 12.0. The molecule has 1 fully saturated rings. The van der Waals surface area contributed by atoms with E-state index < -0.39 is 0 Å². The van der Waals surface area contributed by atoms with Crippen LogP contribution in [0.5, 0.6) is 0 Å². The van der Waals surface area contributed by atoms with Gasteiger partial charge < -0.3 is 10.4 Å². The predicted octanol–water partition coefficient (Wildman–Crippen LogP) is 2.95. The highest BCUT2D eigenvalue weighted by atomic mass is 16.3. The normalized spacial score (nSPS) is 30.0. The Balaban J connectivity index is 2.24. The van der Waals surface area contributed by atoms with Crippen LogP contribution in [0.1, 0.15) is 59.3 Å². The fraction of sp³-hybridized carbons (Fsp3) is 1.00. The maximum absolute atomic E-state index is 9.33. The summed E-state index contributed by atoms with van der Waals surface area (Å²) in [7, 11) is 0. The Hall–Kier alpha value is -0.0800. The SMILES string of the molecule is CCC1CCCCC1NCC(C)CC(C)O. The van der Waals surface area contributed by atoms with Gasteiger partial charge in [0.15, 0.2) is 0 Å². The van der Waals surface area contributed by atoms with Gasteiger partial charge in [-0.15, -0.1) is 0 Å². The van der Waals surface area contributed by atoms with E-state index in [1.807, 2.05) is 6.92 Å². The summed E-state index contributed by atoms with van der Waals surface area (Å²) in [6.07, 6.45) is 7.61. The minimum absolute atomic E-state index is 0.162. The van der Waals surface area contributed by atoms with Crippen molar-refractivity contribution in [3.8, 4) is 0 Å². The molecule has 16 heavy (non-hydrogen) atoms. The van der Waals surface area contributed by atoms with Gasteiger partial charge in [0, 0.05) is 6.04 Å². The maximum atomic E-state index is 9.33. The van der Waals surface area contributed by atoms with Crippen LogP contribution in [0.15, 0.2) is 0 Å². The van der Waals surface area contributed by atoms with Crippen molar-refractivity contribution in [3.63, 3.8) is 0 Å². The van der Waals surface area contributed by atoms with Gasteiger partial charge in [0.05, 0.1) is 6.10 Å². The van der Waals surface area contributed by atoms with Crippen LogP contribution < -0.4 is 5.32 Å². The molecule has 4 atom stereocenters. The molecule has 0 aromatic carbocycles. The summed E-state index contributed by atoms with van der Waals surface area (Å²) >= 11 is 0. The molecule has 0 aromatic heterocycles. The molecule has 0 bridgehead atoms. The van der Waals surface area contributed by atoms with E-state index in [2.05, 4.69) is 19.2 Å². The minimum Gasteiger partial charge on any atom is -0.393 e. The quantitative estimate of drug-likeness (QED) is 0.731. The van der Waals surface area contributed by atoms with Gasteiger partial charge in [-0.25, -0.2) is 0 Å². The van der Waals surface area contributed by atoms with E-state index in [4.69, 9.17) is 0 Å². The number of hydrogen-bond acceptors (Lipinski definition) is 2. The molecule has 0 radical (unpaired) electrons. The van der Waals surface area contributed by atoms with E-state index in [0.29, 0.717) is 5.92 Å². The van der Waals surface area contributed by atoms with Crippen molar-refractivity contribution in [1.82, 2.24) is 5.32 Å². The van der Waals surface area contributed by atoms with E-state index in [-0.39, 0.29) is 6.10 Å². The highest BCUT2D eigenvalue weighted by Gasteiger charge is 2.23. The summed E-state index contributed by atoms with van der Waals surface area (Å²) in [5.74, 6) is 1.46. The second kappa shape index (κ2) is 7.29. The average molecular weight is 227 g/mol. The molecule has 4 unspecified atom stereocenters. The largest absolute Gasteiger partial charge is 0.393 e. The van der Waals surface area contributed by atoms with E-state index in [9.17, 15) is 5.11 Å². The third-order valence-corrected chi connectivity index (χ3v) is 3.91. The second-order valence-electron chi connectivity index (χ2n) is 5.66. The van der Waals surface area contributed by atoms with Crippen LogP contribution in [0.25, 0.3) is 0 Å². The zero-order valence-corrected chi connectivity index (χ0v) is 11.2. The lowest BCUT2D eigenvalue weighted by atomic mass is 9.82. The number of aliphatic hydroxyl groups excluding tert-OH is 1. The molecule has 0 spiro atoms. The first-order chi connectivity index (χ1) is 7.63. The highest BCUT2D eigenvalue weighted by molar-refractivity contribution is 4.80. The Bertz CT molecular complexity index is 182. The van der Waals surface area contributed by atoms with Gasteiger partial charge in [-0.2, -0.15) is 0 Å². The Morgan fingerprint density at radius 3 is 2.56 bits per heavy atom. The van der Waals surface area contributed by atoms with Gasteiger partial charge in [-0.3, -0.25) is 0 Å². The van der Waals surface area contributed by atoms with E-state index in [1.54, 1.807) is 0 Å². The standard InChI is InChI=1S/C14H29NO/c1-4-13-7-5-6-8-14(13)15-10-11(2)9-12(3)16/h11-16H,4-10H2,1-3H3. The topological polar surface area (TPSA) is 32.3 Å². The molecule has 0 amide bonds. The van der Waals surface area contributed by atoms with E-state index >= 15 is 0 Å². The monoisotopic (exact) mass is 227 g/mol. The molecule has 1 rings (SSSR count). The Labute approximate surface area is 101 Å². The molecule has 0 saturated heterocycles. The molecule has 1 aliphatic rings. The number of nitrogens with one attached hydrogen (secondary N) is 1. The zero-order valence-electron chi connectivity index (χ0n) is 11.2. The van der Waals surface area contributed by atoms with Gasteiger partial charge in [0.25, 0.3) is 0 Å². The molecular formula is C14H29NO. The summed E-state index contributed by atoms with van der Waals surface area (Å²) in [5.41, 5.74) is 0. The third kappa shape index (κ3) is 4.84. The van der Waals surface area contributed by atoms with Crippen LogP contribution in [0.2, 0.25) is 0 Å². The van der Waals surface area contributed by atoms with Gasteiger partial charge in [-0.05, 0) is 44.6 Å². The lowest BCUT2D eigenvalue weighted by Crippen LogP contribution is -2.40. The average Bonchev–Trinajstić information content (AvgIpc) is 2.26. The Morgan fingerprint density at radius 1 is 1.25 bits per heavy atom. The fourth-order valence-electron chi connectivity index (χ4n) is 2.98. The Kier molecular flexibility index (Phi) is 6.37. The lowest BCUT2D eigenvalue weighted by Gasteiger charge is -2.32. The van der Waals surface area contributed by atoms with Crippen LogP contribution in [-0.4, -0.2) is 23.8 Å². The number of hydrogen-bond donors (Lipinski definition) is 2. The van der Waals surface area contributed by atoms with Gasteiger partial charge in [-0.1, -0.05) is 33.1 Å². The van der Waals surface area contributed by atoms with Crippen LogP contribution >= 0.6 is 0 Å². The number of aliphatic hydroxyl groups is 1. The predicted molar refractivity (Wildman–Crippen MR) is 69.5 cm³/mol. The van der Waals surface area contributed by atoms with Crippen LogP contribution in [0.4, 0.5) is 0 Å². The maximum Gasteiger partial charge on any atom is 0.0515 e. The van der Waals surface area contributed by atoms with Crippen LogP contribution in [0.3, 0.4) is 0 Å². The van der Waals surface area contributed by atoms with Crippen LogP contribution in [0, 0.1) is 11.8 Å². The fourth-order valence-corrected chi connectivity index (χ4v) is 2.98. The summed E-state index contributed by atoms with van der Waals surface area (Å²) in [6.45, 7) is 7.48. The molecule has 0 aliphatic heterocycles. The molecule has 96 valence electrons. The van der Waals surface area contributed by atoms with Crippen molar-refractivity contribution in [1.29, 1.82) is 0 Å². The first-order valence-electron chi connectivity index (χ1n) is 7.05. The van der Waals surface area contributed by atoms with E-state index in [0.717, 1.165) is 24.9 Å². The molecule has 2 nitrogen and oxygen atoms in total. The summed E-state index contributed by atoms with van der Waals surface area (Å²) in [4.78, 5) is 0. The van der Waals surface area contributed by atoms with Crippen molar-refractivity contribution in [3.05, 3.63) is 0 Å². The first kappa shape index (κ1) is 14.0. The molecule has 0 heterocycles. The molecule has 1 aliphatic carbocycles. The highest BCUT2D eigenvalue weighted by Crippen LogP contribution is 2.26. The smallest absolute Gasteiger partial charge is 0.0515 e. The second-order valence-corrected chi connectivity index (χ2v) is 5.66. The van der Waals surface area contributed by atoms with Crippen molar-refractivity contribution >= 4 is 0 Å². The van der Waals surface area contributed by atoms with Crippen molar-refractivity contribution in [2.75, 3.05) is 6.54 Å². The van der Waals surface area contributed by atoms with Gasteiger partial charge in [0.1, 0.15) is 0 Å².